The van der Waals surface area contributed by atoms with Gasteiger partial charge in [0.25, 0.3) is 0 Å². The van der Waals surface area contributed by atoms with Gasteiger partial charge in [-0.25, -0.2) is 0 Å². The minimum Gasteiger partial charge on any atom is -0.492 e. The van der Waals surface area contributed by atoms with Crippen molar-refractivity contribution in [2.24, 2.45) is 4.99 Å². The van der Waals surface area contributed by atoms with E-state index in [4.69, 9.17) is 9.73 Å². The molecule has 3 heterocycles. The quantitative estimate of drug-likeness (QED) is 0.265. The minimum absolute atomic E-state index is 0. The van der Waals surface area contributed by atoms with Gasteiger partial charge >= 0.3 is 0 Å². The number of rotatable bonds is 8. The van der Waals surface area contributed by atoms with Crippen LogP contribution >= 0.6 is 24.0 Å². The van der Waals surface area contributed by atoms with Crippen LogP contribution in [0.15, 0.2) is 59.7 Å². The Hall–Kier alpha value is -2.40. The number of hydrogen-bond acceptors (Lipinski definition) is 5. The smallest absolute Gasteiger partial charge is 0.194 e. The Morgan fingerprint density at radius 3 is 2.59 bits per heavy atom. The molecule has 32 heavy (non-hydrogen) atoms. The molecule has 2 aromatic heterocycles. The highest BCUT2D eigenvalue weighted by Gasteiger charge is 2.19. The first kappa shape index (κ1) is 24.2. The molecule has 0 atom stereocenters. The summed E-state index contributed by atoms with van der Waals surface area (Å²) in [5, 5.41) is 12.0. The maximum atomic E-state index is 5.84. The van der Waals surface area contributed by atoms with E-state index >= 15 is 0 Å². The molecule has 8 nitrogen and oxygen atoms in total. The van der Waals surface area contributed by atoms with Gasteiger partial charge in [-0.05, 0) is 31.2 Å². The van der Waals surface area contributed by atoms with E-state index in [0.29, 0.717) is 13.2 Å². The first-order chi connectivity index (χ1) is 15.3. The molecule has 0 amide bonds. The maximum Gasteiger partial charge on any atom is 0.194 e. The zero-order valence-electron chi connectivity index (χ0n) is 18.6. The molecule has 0 spiro atoms. The van der Waals surface area contributed by atoms with E-state index in [9.17, 15) is 0 Å². The molecule has 0 saturated carbocycles. The van der Waals surface area contributed by atoms with E-state index in [1.807, 2.05) is 59.1 Å². The number of ether oxygens (including phenoxy) is 1. The first-order valence-electron chi connectivity index (χ1n) is 11.1. The number of guanidine groups is 1. The Bertz CT molecular complexity index is 971. The summed E-state index contributed by atoms with van der Waals surface area (Å²) in [5.41, 5.74) is 0.876. The highest BCUT2D eigenvalue weighted by molar-refractivity contribution is 14.0. The second-order valence-corrected chi connectivity index (χ2v) is 7.52. The number of aromatic nitrogens is 3. The van der Waals surface area contributed by atoms with Crippen molar-refractivity contribution in [1.82, 2.24) is 29.7 Å². The largest absolute Gasteiger partial charge is 0.492 e. The van der Waals surface area contributed by atoms with Crippen LogP contribution in [0.1, 0.15) is 12.7 Å². The fraction of sp³-hybridized carbons (Fsp3) is 0.435. The standard InChI is InChI=1S/C23H31N7O.HI/c1-2-24-23(25-12-11-22-27-26-21-10-6-7-13-30(21)22)29-16-14-28(15-17-29)18-19-31-20-8-4-3-5-9-20;/h3-10,13H,2,11-12,14-19H2,1H3,(H,24,25);1H. The van der Waals surface area contributed by atoms with Gasteiger partial charge < -0.3 is 15.0 Å². The monoisotopic (exact) mass is 549 g/mol. The fourth-order valence-electron chi connectivity index (χ4n) is 3.74. The fourth-order valence-corrected chi connectivity index (χ4v) is 3.74. The summed E-state index contributed by atoms with van der Waals surface area (Å²) in [7, 11) is 0. The number of halogens is 1. The Morgan fingerprint density at radius 2 is 1.81 bits per heavy atom. The predicted molar refractivity (Wildman–Crippen MR) is 138 cm³/mol. The van der Waals surface area contributed by atoms with E-state index in [2.05, 4.69) is 32.2 Å². The van der Waals surface area contributed by atoms with Gasteiger partial charge in [-0.3, -0.25) is 14.3 Å². The van der Waals surface area contributed by atoms with E-state index in [1.165, 1.54) is 0 Å². The highest BCUT2D eigenvalue weighted by Crippen LogP contribution is 2.09. The summed E-state index contributed by atoms with van der Waals surface area (Å²) < 4.78 is 7.86. The number of hydrogen-bond donors (Lipinski definition) is 1. The molecule has 9 heteroatoms. The molecule has 1 aromatic carbocycles. The summed E-state index contributed by atoms with van der Waals surface area (Å²) in [6.45, 7) is 9.26. The molecule has 0 unspecified atom stereocenters. The molecule has 0 aliphatic carbocycles. The van der Waals surface area contributed by atoms with E-state index in [0.717, 1.165) is 68.9 Å². The lowest BCUT2D eigenvalue weighted by Crippen LogP contribution is -2.53. The maximum absolute atomic E-state index is 5.84. The van der Waals surface area contributed by atoms with E-state index < -0.39 is 0 Å². The zero-order valence-corrected chi connectivity index (χ0v) is 20.9. The van der Waals surface area contributed by atoms with Gasteiger partial charge in [0.1, 0.15) is 18.2 Å². The number of nitrogens with zero attached hydrogens (tertiary/aromatic N) is 6. The van der Waals surface area contributed by atoms with Crippen LogP contribution in [0.25, 0.3) is 5.65 Å². The van der Waals surface area contributed by atoms with Gasteiger partial charge in [0.05, 0.1) is 0 Å². The lowest BCUT2D eigenvalue weighted by Gasteiger charge is -2.36. The van der Waals surface area contributed by atoms with Crippen molar-refractivity contribution in [1.29, 1.82) is 0 Å². The topological polar surface area (TPSA) is 70.3 Å². The molecule has 0 radical (unpaired) electrons. The number of fused-ring (bicyclic) bond motifs is 1. The molecule has 3 aromatic rings. The van der Waals surface area contributed by atoms with Crippen molar-refractivity contribution in [3.05, 3.63) is 60.6 Å². The minimum atomic E-state index is 0. The number of para-hydroxylation sites is 1. The summed E-state index contributed by atoms with van der Waals surface area (Å²) in [5.74, 6) is 2.86. The normalized spacial score (nSPS) is 14.9. The van der Waals surface area contributed by atoms with Gasteiger partial charge in [-0.1, -0.05) is 24.3 Å². The molecule has 1 N–H and O–H groups in total. The molecular weight excluding hydrogens is 517 g/mol. The van der Waals surface area contributed by atoms with Crippen LogP contribution in [0.2, 0.25) is 0 Å². The van der Waals surface area contributed by atoms with Crippen molar-refractivity contribution in [3.63, 3.8) is 0 Å². The number of aliphatic imine (C=N–C) groups is 1. The molecule has 1 fully saturated rings. The van der Waals surface area contributed by atoms with Crippen LogP contribution in [-0.2, 0) is 6.42 Å². The molecular formula is C23H32IN7O. The summed E-state index contributed by atoms with van der Waals surface area (Å²) in [6.07, 6.45) is 2.76. The van der Waals surface area contributed by atoms with Crippen LogP contribution in [0.5, 0.6) is 5.75 Å². The average molecular weight is 549 g/mol. The second-order valence-electron chi connectivity index (χ2n) is 7.52. The molecule has 4 rings (SSSR count). The van der Waals surface area contributed by atoms with E-state index in [1.54, 1.807) is 0 Å². The van der Waals surface area contributed by atoms with Crippen LogP contribution in [0, 0.1) is 0 Å². The Kier molecular flexibility index (Phi) is 9.54. The number of pyridine rings is 1. The highest BCUT2D eigenvalue weighted by atomic mass is 127. The predicted octanol–water partition coefficient (Wildman–Crippen LogP) is 2.55. The van der Waals surface area contributed by atoms with Gasteiger partial charge in [0.2, 0.25) is 0 Å². The number of benzene rings is 1. The Morgan fingerprint density at radius 1 is 1.03 bits per heavy atom. The van der Waals surface area contributed by atoms with Crippen molar-refractivity contribution in [3.8, 4) is 5.75 Å². The van der Waals surface area contributed by atoms with Gasteiger partial charge in [-0.2, -0.15) is 0 Å². The van der Waals surface area contributed by atoms with Crippen LogP contribution < -0.4 is 10.1 Å². The lowest BCUT2D eigenvalue weighted by molar-refractivity contribution is 0.152. The van der Waals surface area contributed by atoms with Gasteiger partial charge in [0, 0.05) is 58.4 Å². The van der Waals surface area contributed by atoms with Crippen molar-refractivity contribution >= 4 is 35.6 Å². The molecule has 1 saturated heterocycles. The Balaban J connectivity index is 0.00000289. The van der Waals surface area contributed by atoms with Crippen LogP contribution in [0.3, 0.4) is 0 Å². The molecule has 1 aliphatic heterocycles. The third-order valence-corrected chi connectivity index (χ3v) is 5.41. The van der Waals surface area contributed by atoms with E-state index in [-0.39, 0.29) is 24.0 Å². The Labute approximate surface area is 206 Å². The number of piperazine rings is 1. The van der Waals surface area contributed by atoms with Crippen molar-refractivity contribution in [2.75, 3.05) is 52.4 Å². The molecule has 172 valence electrons. The van der Waals surface area contributed by atoms with Gasteiger partial charge in [-0.15, -0.1) is 34.2 Å². The van der Waals surface area contributed by atoms with Gasteiger partial charge in [0.15, 0.2) is 11.6 Å². The third-order valence-electron chi connectivity index (χ3n) is 5.41. The van der Waals surface area contributed by atoms with Crippen molar-refractivity contribution < 1.29 is 4.74 Å². The third kappa shape index (κ3) is 6.55. The SMILES string of the molecule is CCNC(=NCCc1nnc2ccccn12)N1CCN(CCOc2ccccc2)CC1.I. The summed E-state index contributed by atoms with van der Waals surface area (Å²) >= 11 is 0. The first-order valence-corrected chi connectivity index (χ1v) is 11.1. The van der Waals surface area contributed by atoms with Crippen LogP contribution in [-0.4, -0.2) is 82.8 Å². The number of nitrogens with one attached hydrogen (secondary N) is 1. The molecule has 1 aliphatic rings. The molecule has 0 bridgehead atoms. The summed E-state index contributed by atoms with van der Waals surface area (Å²) in [6, 6.07) is 15.9. The van der Waals surface area contributed by atoms with Crippen LogP contribution in [0.4, 0.5) is 0 Å². The lowest BCUT2D eigenvalue weighted by atomic mass is 10.3. The summed E-state index contributed by atoms with van der Waals surface area (Å²) in [4.78, 5) is 9.65. The zero-order chi connectivity index (χ0) is 21.3. The average Bonchev–Trinajstić information content (AvgIpc) is 3.23. The second kappa shape index (κ2) is 12.6. The van der Waals surface area contributed by atoms with Crippen molar-refractivity contribution in [2.45, 2.75) is 13.3 Å².